The lowest BCUT2D eigenvalue weighted by Crippen LogP contribution is -2.23. The molecule has 1 aromatic rings. The van der Waals surface area contributed by atoms with Crippen LogP contribution in [0, 0.1) is 0 Å². The Morgan fingerprint density at radius 2 is 1.85 bits per heavy atom. The van der Waals surface area contributed by atoms with Gasteiger partial charge in [0.05, 0.1) is 4.90 Å². The van der Waals surface area contributed by atoms with Crippen LogP contribution in [0.15, 0.2) is 40.8 Å². The van der Waals surface area contributed by atoms with Crippen molar-refractivity contribution < 1.29 is 13.2 Å². The molecule has 5 nitrogen and oxygen atoms in total. The molecular weight excluding hydrogens is 276 g/mol. The van der Waals surface area contributed by atoms with E-state index < -0.39 is 10.0 Å². The predicted molar refractivity (Wildman–Crippen MR) is 78.6 cm³/mol. The highest BCUT2D eigenvalue weighted by atomic mass is 32.2. The van der Waals surface area contributed by atoms with Crippen molar-refractivity contribution in [3.8, 4) is 0 Å². The minimum absolute atomic E-state index is 0.112. The van der Waals surface area contributed by atoms with Gasteiger partial charge >= 0.3 is 0 Å². The summed E-state index contributed by atoms with van der Waals surface area (Å²) in [5.74, 6) is -0.112. The topological polar surface area (TPSA) is 75.3 Å². The maximum atomic E-state index is 11.7. The van der Waals surface area contributed by atoms with Crippen molar-refractivity contribution in [1.29, 1.82) is 0 Å². The molecular formula is C14H20N2O3S. The van der Waals surface area contributed by atoms with Gasteiger partial charge in [0.15, 0.2) is 0 Å². The quantitative estimate of drug-likeness (QED) is 0.782. The van der Waals surface area contributed by atoms with Crippen LogP contribution in [-0.2, 0) is 21.4 Å². The molecule has 0 aliphatic carbocycles. The Morgan fingerprint density at radius 1 is 1.25 bits per heavy atom. The fourth-order valence-electron chi connectivity index (χ4n) is 1.62. The molecule has 2 N–H and O–H groups in total. The highest BCUT2D eigenvalue weighted by molar-refractivity contribution is 7.89. The molecule has 20 heavy (non-hydrogen) atoms. The van der Waals surface area contributed by atoms with E-state index >= 15 is 0 Å². The Morgan fingerprint density at radius 3 is 2.35 bits per heavy atom. The SMILES string of the molecule is CC/C=C(\C)C(=O)NCc1ccc(S(=O)(=O)NC)cc1. The van der Waals surface area contributed by atoms with Gasteiger partial charge in [0.25, 0.3) is 0 Å². The maximum Gasteiger partial charge on any atom is 0.246 e. The van der Waals surface area contributed by atoms with Crippen LogP contribution in [-0.4, -0.2) is 21.4 Å². The molecule has 0 bridgehead atoms. The second-order valence-corrected chi connectivity index (χ2v) is 6.22. The summed E-state index contributed by atoms with van der Waals surface area (Å²) in [7, 11) is -2.05. The Bertz CT molecular complexity index is 589. The van der Waals surface area contributed by atoms with Crippen molar-refractivity contribution in [2.75, 3.05) is 7.05 Å². The third kappa shape index (κ3) is 4.47. The van der Waals surface area contributed by atoms with E-state index in [1.54, 1.807) is 19.1 Å². The number of carbonyl (C=O) groups is 1. The van der Waals surface area contributed by atoms with Crippen LogP contribution in [0.2, 0.25) is 0 Å². The molecule has 0 spiro atoms. The lowest BCUT2D eigenvalue weighted by atomic mass is 10.2. The van der Waals surface area contributed by atoms with Gasteiger partial charge < -0.3 is 5.32 Å². The molecule has 110 valence electrons. The minimum atomic E-state index is -3.41. The predicted octanol–water partition coefficient (Wildman–Crippen LogP) is 1.57. The van der Waals surface area contributed by atoms with E-state index in [-0.39, 0.29) is 10.8 Å². The second-order valence-electron chi connectivity index (χ2n) is 4.33. The first kappa shape index (κ1) is 16.4. The molecule has 1 rings (SSSR count). The monoisotopic (exact) mass is 296 g/mol. The van der Waals surface area contributed by atoms with Gasteiger partial charge in [0.1, 0.15) is 0 Å². The smallest absolute Gasteiger partial charge is 0.246 e. The van der Waals surface area contributed by atoms with E-state index in [9.17, 15) is 13.2 Å². The maximum absolute atomic E-state index is 11.7. The van der Waals surface area contributed by atoms with E-state index in [1.807, 2.05) is 13.0 Å². The standard InChI is InChI=1S/C14H20N2O3S/c1-4-5-11(2)14(17)16-10-12-6-8-13(9-7-12)20(18,19)15-3/h5-9,15H,4,10H2,1-3H3,(H,16,17)/b11-5+. The molecule has 0 aliphatic heterocycles. The number of hydrogen-bond acceptors (Lipinski definition) is 3. The van der Waals surface area contributed by atoms with Crippen LogP contribution in [0.4, 0.5) is 0 Å². The first-order valence-corrected chi connectivity index (χ1v) is 7.86. The molecule has 0 heterocycles. The van der Waals surface area contributed by atoms with Gasteiger partial charge in [-0.3, -0.25) is 4.79 Å². The molecule has 0 fully saturated rings. The molecule has 0 aliphatic rings. The van der Waals surface area contributed by atoms with Crippen LogP contribution >= 0.6 is 0 Å². The third-order valence-corrected chi connectivity index (χ3v) is 4.25. The van der Waals surface area contributed by atoms with E-state index in [0.29, 0.717) is 12.1 Å². The lowest BCUT2D eigenvalue weighted by molar-refractivity contribution is -0.117. The van der Waals surface area contributed by atoms with Gasteiger partial charge in [0, 0.05) is 12.1 Å². The van der Waals surface area contributed by atoms with Crippen LogP contribution < -0.4 is 10.0 Å². The highest BCUT2D eigenvalue weighted by Crippen LogP contribution is 2.10. The van der Waals surface area contributed by atoms with E-state index in [2.05, 4.69) is 10.0 Å². The molecule has 0 saturated heterocycles. The van der Waals surface area contributed by atoms with Gasteiger partial charge in [-0.25, -0.2) is 13.1 Å². The van der Waals surface area contributed by atoms with E-state index in [4.69, 9.17) is 0 Å². The third-order valence-electron chi connectivity index (χ3n) is 2.82. The number of carbonyl (C=O) groups excluding carboxylic acids is 1. The van der Waals surface area contributed by atoms with Crippen LogP contribution in [0.3, 0.4) is 0 Å². The number of sulfonamides is 1. The summed E-state index contributed by atoms with van der Waals surface area (Å²) < 4.78 is 25.4. The Balaban J connectivity index is 2.68. The summed E-state index contributed by atoms with van der Waals surface area (Å²) in [6, 6.07) is 6.40. The van der Waals surface area contributed by atoms with Crippen molar-refractivity contribution in [3.05, 3.63) is 41.5 Å². The zero-order valence-corrected chi connectivity index (χ0v) is 12.8. The number of allylic oxidation sites excluding steroid dienone is 1. The molecule has 0 unspecified atom stereocenters. The number of amides is 1. The zero-order chi connectivity index (χ0) is 15.2. The number of nitrogens with one attached hydrogen (secondary N) is 2. The fourth-order valence-corrected chi connectivity index (χ4v) is 2.36. The van der Waals surface area contributed by atoms with Gasteiger partial charge in [-0.05, 0) is 38.1 Å². The van der Waals surface area contributed by atoms with Crippen LogP contribution in [0.1, 0.15) is 25.8 Å². The largest absolute Gasteiger partial charge is 0.348 e. The molecule has 0 atom stereocenters. The molecule has 1 amide bonds. The molecule has 1 aromatic carbocycles. The number of rotatable bonds is 6. The summed E-state index contributed by atoms with van der Waals surface area (Å²) in [5, 5.41) is 2.78. The molecule has 0 aromatic heterocycles. The van der Waals surface area contributed by atoms with Crippen molar-refractivity contribution in [1.82, 2.24) is 10.0 Å². The van der Waals surface area contributed by atoms with Gasteiger partial charge in [-0.1, -0.05) is 25.1 Å². The van der Waals surface area contributed by atoms with Crippen molar-refractivity contribution >= 4 is 15.9 Å². The first-order valence-electron chi connectivity index (χ1n) is 6.38. The molecule has 6 heteroatoms. The van der Waals surface area contributed by atoms with Crippen molar-refractivity contribution in [2.24, 2.45) is 0 Å². The van der Waals surface area contributed by atoms with E-state index in [1.165, 1.54) is 19.2 Å². The van der Waals surface area contributed by atoms with Crippen molar-refractivity contribution in [3.63, 3.8) is 0 Å². The van der Waals surface area contributed by atoms with Crippen LogP contribution in [0.5, 0.6) is 0 Å². The highest BCUT2D eigenvalue weighted by Gasteiger charge is 2.10. The van der Waals surface area contributed by atoms with Gasteiger partial charge in [-0.15, -0.1) is 0 Å². The summed E-state index contributed by atoms with van der Waals surface area (Å²) in [5.41, 5.74) is 1.53. The van der Waals surface area contributed by atoms with Gasteiger partial charge in [-0.2, -0.15) is 0 Å². The summed E-state index contributed by atoms with van der Waals surface area (Å²) in [6.07, 6.45) is 2.67. The fraction of sp³-hybridized carbons (Fsp3) is 0.357. The molecule has 0 saturated carbocycles. The summed E-state index contributed by atoms with van der Waals surface area (Å²) >= 11 is 0. The van der Waals surface area contributed by atoms with Gasteiger partial charge in [0.2, 0.25) is 15.9 Å². The van der Waals surface area contributed by atoms with Crippen molar-refractivity contribution in [2.45, 2.75) is 31.7 Å². The minimum Gasteiger partial charge on any atom is -0.348 e. The average Bonchev–Trinajstić information content (AvgIpc) is 2.45. The number of benzene rings is 1. The summed E-state index contributed by atoms with van der Waals surface area (Å²) in [6.45, 7) is 4.10. The Kier molecular flexibility index (Phi) is 5.91. The zero-order valence-electron chi connectivity index (χ0n) is 11.9. The Labute approximate surface area is 120 Å². The lowest BCUT2D eigenvalue weighted by Gasteiger charge is -2.07. The second kappa shape index (κ2) is 7.21. The average molecular weight is 296 g/mol. The normalized spacial score (nSPS) is 12.2. The van der Waals surface area contributed by atoms with Crippen LogP contribution in [0.25, 0.3) is 0 Å². The summed E-state index contributed by atoms with van der Waals surface area (Å²) in [4.78, 5) is 11.9. The Hall–Kier alpha value is -1.66. The molecule has 0 radical (unpaired) electrons. The number of hydrogen-bond donors (Lipinski definition) is 2. The first-order chi connectivity index (χ1) is 9.40. The van der Waals surface area contributed by atoms with E-state index in [0.717, 1.165) is 12.0 Å².